The molecule has 0 atom stereocenters. The second-order valence-electron chi connectivity index (χ2n) is 6.28. The molecule has 0 unspecified atom stereocenters. The first kappa shape index (κ1) is 18.4. The topological polar surface area (TPSA) is 51.0 Å². The van der Waals surface area contributed by atoms with Gasteiger partial charge in [0, 0.05) is 36.1 Å². The molecule has 0 saturated heterocycles. The number of aromatic nitrogens is 3. The van der Waals surface area contributed by atoms with Crippen molar-refractivity contribution in [1.82, 2.24) is 19.7 Å². The summed E-state index contributed by atoms with van der Waals surface area (Å²) in [6.07, 6.45) is 5.19. The van der Waals surface area contributed by atoms with E-state index in [1.165, 1.54) is 11.3 Å². The van der Waals surface area contributed by atoms with Crippen molar-refractivity contribution in [2.45, 2.75) is 6.54 Å². The Morgan fingerprint density at radius 2 is 1.96 bits per heavy atom. The van der Waals surface area contributed by atoms with Crippen molar-refractivity contribution in [2.75, 3.05) is 7.05 Å². The van der Waals surface area contributed by atoms with Crippen LogP contribution in [0.2, 0.25) is 4.34 Å². The van der Waals surface area contributed by atoms with Gasteiger partial charge in [-0.05, 0) is 36.4 Å². The Morgan fingerprint density at radius 3 is 2.64 bits per heavy atom. The minimum absolute atomic E-state index is 0.106. The zero-order chi connectivity index (χ0) is 19.5. The van der Waals surface area contributed by atoms with E-state index in [-0.39, 0.29) is 5.91 Å². The van der Waals surface area contributed by atoms with Gasteiger partial charge in [0.25, 0.3) is 5.91 Å². The summed E-state index contributed by atoms with van der Waals surface area (Å²) in [4.78, 5) is 20.1. The summed E-state index contributed by atoms with van der Waals surface area (Å²) < 4.78 is 2.44. The van der Waals surface area contributed by atoms with Crippen LogP contribution in [-0.2, 0) is 6.54 Å². The van der Waals surface area contributed by atoms with Gasteiger partial charge >= 0.3 is 0 Å². The van der Waals surface area contributed by atoms with Crippen LogP contribution in [0, 0.1) is 0 Å². The molecule has 4 aromatic rings. The maximum absolute atomic E-state index is 13.2. The third-order valence-electron chi connectivity index (χ3n) is 4.27. The van der Waals surface area contributed by atoms with Crippen molar-refractivity contribution >= 4 is 28.8 Å². The third-order valence-corrected chi connectivity index (χ3v) is 5.48. The van der Waals surface area contributed by atoms with Crippen LogP contribution in [0.25, 0.3) is 16.9 Å². The van der Waals surface area contributed by atoms with Crippen LogP contribution in [0.4, 0.5) is 0 Å². The van der Waals surface area contributed by atoms with Gasteiger partial charge in [0.2, 0.25) is 0 Å². The lowest BCUT2D eigenvalue weighted by Crippen LogP contribution is -2.26. The first-order valence-corrected chi connectivity index (χ1v) is 9.86. The highest BCUT2D eigenvalue weighted by Crippen LogP contribution is 2.26. The van der Waals surface area contributed by atoms with Crippen LogP contribution in [0.3, 0.4) is 0 Å². The Kier molecular flexibility index (Phi) is 5.23. The van der Waals surface area contributed by atoms with E-state index >= 15 is 0 Å². The van der Waals surface area contributed by atoms with Crippen LogP contribution >= 0.6 is 22.9 Å². The number of rotatable bonds is 5. The molecule has 0 aliphatic heterocycles. The summed E-state index contributed by atoms with van der Waals surface area (Å²) in [6, 6.07) is 17.2. The molecule has 0 N–H and O–H groups in total. The number of hydrogen-bond acceptors (Lipinski definition) is 4. The Bertz CT molecular complexity index is 1090. The van der Waals surface area contributed by atoms with Gasteiger partial charge in [-0.3, -0.25) is 9.78 Å². The van der Waals surface area contributed by atoms with Gasteiger partial charge in [-0.15, -0.1) is 11.3 Å². The number of thiophene rings is 1. The van der Waals surface area contributed by atoms with Crippen molar-refractivity contribution in [3.05, 3.63) is 88.0 Å². The molecule has 0 radical (unpaired) electrons. The number of benzene rings is 1. The van der Waals surface area contributed by atoms with Gasteiger partial charge in [0.1, 0.15) is 5.69 Å². The van der Waals surface area contributed by atoms with Crippen LogP contribution in [-0.4, -0.2) is 32.6 Å². The quantitative estimate of drug-likeness (QED) is 0.471. The Hall–Kier alpha value is -2.96. The number of carbonyl (C=O) groups is 1. The molecule has 4 rings (SSSR count). The fraction of sp³-hybridized carbons (Fsp3) is 0.0952. The number of hydrogen-bond donors (Lipinski definition) is 0. The average Bonchev–Trinajstić information content (AvgIpc) is 3.35. The van der Waals surface area contributed by atoms with Crippen molar-refractivity contribution in [2.24, 2.45) is 0 Å². The maximum Gasteiger partial charge on any atom is 0.257 e. The number of halogens is 1. The van der Waals surface area contributed by atoms with E-state index in [0.29, 0.717) is 22.1 Å². The molecule has 0 spiro atoms. The van der Waals surface area contributed by atoms with E-state index in [4.69, 9.17) is 11.6 Å². The predicted octanol–water partition coefficient (Wildman–Crippen LogP) is 4.92. The molecule has 0 aliphatic rings. The molecular formula is C21H17ClN4OS. The van der Waals surface area contributed by atoms with E-state index in [2.05, 4.69) is 10.1 Å². The SMILES string of the molecule is CN(Cc1ccc(Cl)s1)C(=O)c1cn(-c2ccccc2)nc1-c1cccnc1. The smallest absolute Gasteiger partial charge is 0.257 e. The van der Waals surface area contributed by atoms with Gasteiger partial charge in [-0.1, -0.05) is 29.8 Å². The predicted molar refractivity (Wildman–Crippen MR) is 112 cm³/mol. The van der Waals surface area contributed by atoms with Crippen LogP contribution in [0.15, 0.2) is 73.2 Å². The Morgan fingerprint density at radius 1 is 1.14 bits per heavy atom. The van der Waals surface area contributed by atoms with Crippen LogP contribution < -0.4 is 0 Å². The molecule has 1 aromatic carbocycles. The molecule has 0 saturated carbocycles. The van der Waals surface area contributed by atoms with Crippen LogP contribution in [0.5, 0.6) is 0 Å². The van der Waals surface area contributed by atoms with E-state index in [9.17, 15) is 4.79 Å². The number of nitrogens with zero attached hydrogens (tertiary/aromatic N) is 4. The summed E-state index contributed by atoms with van der Waals surface area (Å²) in [5.41, 5.74) is 2.83. The van der Waals surface area contributed by atoms with Crippen molar-refractivity contribution in [3.63, 3.8) is 0 Å². The highest BCUT2D eigenvalue weighted by molar-refractivity contribution is 7.16. The first-order chi connectivity index (χ1) is 13.6. The van der Waals surface area contributed by atoms with Crippen molar-refractivity contribution in [1.29, 1.82) is 0 Å². The maximum atomic E-state index is 13.2. The second-order valence-corrected chi connectivity index (χ2v) is 8.08. The van der Waals surface area contributed by atoms with E-state index < -0.39 is 0 Å². The summed E-state index contributed by atoms with van der Waals surface area (Å²) in [6.45, 7) is 0.485. The lowest BCUT2D eigenvalue weighted by atomic mass is 10.1. The molecule has 7 heteroatoms. The minimum atomic E-state index is -0.106. The molecule has 1 amide bonds. The number of carbonyl (C=O) groups excluding carboxylic acids is 1. The summed E-state index contributed by atoms with van der Waals surface area (Å²) >= 11 is 7.48. The van der Waals surface area contributed by atoms with Crippen molar-refractivity contribution in [3.8, 4) is 16.9 Å². The summed E-state index contributed by atoms with van der Waals surface area (Å²) in [7, 11) is 1.78. The fourth-order valence-corrected chi connectivity index (χ4v) is 4.05. The average molecular weight is 409 g/mol. The Balaban J connectivity index is 1.72. The van der Waals surface area contributed by atoms with Crippen molar-refractivity contribution < 1.29 is 4.79 Å². The molecule has 0 fully saturated rings. The molecule has 3 aromatic heterocycles. The molecular weight excluding hydrogens is 392 g/mol. The number of pyridine rings is 1. The summed E-state index contributed by atoms with van der Waals surface area (Å²) in [5, 5.41) is 4.68. The number of para-hydroxylation sites is 1. The standard InChI is InChI=1S/C21H17ClN4OS/c1-25(13-17-9-10-19(22)28-17)21(27)18-14-26(16-7-3-2-4-8-16)24-20(18)15-6-5-11-23-12-15/h2-12,14H,13H2,1H3. The monoisotopic (exact) mass is 408 g/mol. The van der Waals surface area contributed by atoms with E-state index in [1.807, 2.05) is 54.6 Å². The highest BCUT2D eigenvalue weighted by Gasteiger charge is 2.22. The largest absolute Gasteiger partial charge is 0.336 e. The normalized spacial score (nSPS) is 10.8. The van der Waals surface area contributed by atoms with Gasteiger partial charge in [0.15, 0.2) is 0 Å². The molecule has 140 valence electrons. The lowest BCUT2D eigenvalue weighted by molar-refractivity contribution is 0.0787. The second kappa shape index (κ2) is 7.96. The van der Waals surface area contributed by atoms with E-state index in [1.54, 1.807) is 35.2 Å². The molecule has 3 heterocycles. The zero-order valence-electron chi connectivity index (χ0n) is 15.1. The molecule has 0 aliphatic carbocycles. The molecule has 28 heavy (non-hydrogen) atoms. The van der Waals surface area contributed by atoms with Gasteiger partial charge in [-0.25, -0.2) is 4.68 Å². The Labute approximate surface area is 171 Å². The minimum Gasteiger partial charge on any atom is -0.336 e. The molecule has 5 nitrogen and oxygen atoms in total. The van der Waals surface area contributed by atoms with Gasteiger partial charge in [0.05, 0.1) is 22.1 Å². The lowest BCUT2D eigenvalue weighted by Gasteiger charge is -2.16. The zero-order valence-corrected chi connectivity index (χ0v) is 16.7. The molecule has 0 bridgehead atoms. The third kappa shape index (κ3) is 3.83. The highest BCUT2D eigenvalue weighted by atomic mass is 35.5. The summed E-state index contributed by atoms with van der Waals surface area (Å²) in [5.74, 6) is -0.106. The van der Waals surface area contributed by atoms with Gasteiger partial charge < -0.3 is 4.90 Å². The van der Waals surface area contributed by atoms with Crippen LogP contribution in [0.1, 0.15) is 15.2 Å². The van der Waals surface area contributed by atoms with Gasteiger partial charge in [-0.2, -0.15) is 5.10 Å². The first-order valence-electron chi connectivity index (χ1n) is 8.67. The number of amides is 1. The van der Waals surface area contributed by atoms with E-state index in [0.717, 1.165) is 16.1 Å². The fourth-order valence-electron chi connectivity index (χ4n) is 2.91.